The molecule has 1 aliphatic heterocycles. The van der Waals surface area contributed by atoms with Crippen molar-refractivity contribution in [2.24, 2.45) is 0 Å². The van der Waals surface area contributed by atoms with Gasteiger partial charge in [0.1, 0.15) is 17.7 Å². The van der Waals surface area contributed by atoms with Gasteiger partial charge in [0.15, 0.2) is 0 Å². The maximum absolute atomic E-state index is 11.2. The minimum absolute atomic E-state index is 0.420. The van der Waals surface area contributed by atoms with Crippen molar-refractivity contribution in [3.05, 3.63) is 66.4 Å². The summed E-state index contributed by atoms with van der Waals surface area (Å²) in [5.41, 5.74) is 0.861. The van der Waals surface area contributed by atoms with E-state index in [1.165, 1.54) is 0 Å². The van der Waals surface area contributed by atoms with E-state index in [0.29, 0.717) is 39.0 Å². The summed E-state index contributed by atoms with van der Waals surface area (Å²) in [4.78, 5) is 6.49. The molecule has 0 amide bonds. The molecular formula is C24H28N2O4. The van der Waals surface area contributed by atoms with Crippen LogP contribution in [0.25, 0.3) is 10.9 Å². The van der Waals surface area contributed by atoms with Crippen LogP contribution in [0.5, 0.6) is 11.5 Å². The van der Waals surface area contributed by atoms with Crippen LogP contribution in [0, 0.1) is 0 Å². The maximum atomic E-state index is 11.2. The summed E-state index contributed by atoms with van der Waals surface area (Å²) in [5, 5.41) is 22.8. The highest BCUT2D eigenvalue weighted by Crippen LogP contribution is 2.34. The number of pyridine rings is 1. The third-order valence-electron chi connectivity index (χ3n) is 5.88. The van der Waals surface area contributed by atoms with E-state index >= 15 is 0 Å². The van der Waals surface area contributed by atoms with Gasteiger partial charge in [-0.25, -0.2) is 0 Å². The van der Waals surface area contributed by atoms with Crippen molar-refractivity contribution in [3.63, 3.8) is 0 Å². The number of hydrogen-bond acceptors (Lipinski definition) is 6. The number of methoxy groups -OCH3 is 1. The number of nitrogens with zero attached hydrogens (tertiary/aromatic N) is 2. The number of likely N-dealkylation sites (tertiary alicyclic amines) is 1. The van der Waals surface area contributed by atoms with Crippen LogP contribution in [-0.2, 0) is 5.60 Å². The van der Waals surface area contributed by atoms with Crippen molar-refractivity contribution in [1.82, 2.24) is 9.88 Å². The monoisotopic (exact) mass is 408 g/mol. The van der Waals surface area contributed by atoms with Crippen LogP contribution >= 0.6 is 0 Å². The molecule has 1 saturated heterocycles. The standard InChI is InChI=1S/C24H28N2O4/c1-29-20-6-8-21(9-7-20)30-15-10-23(27)26-13-11-24(28,12-14-26)19-16-18-4-2-3-5-22(18)25-17-19/h2-9,16-17,23,27-28H,10-15H2,1H3/t23-/m0/s1. The summed E-state index contributed by atoms with van der Waals surface area (Å²) >= 11 is 0. The summed E-state index contributed by atoms with van der Waals surface area (Å²) in [6.45, 7) is 1.66. The van der Waals surface area contributed by atoms with E-state index in [-0.39, 0.29) is 0 Å². The van der Waals surface area contributed by atoms with Gasteiger partial charge in [-0.2, -0.15) is 0 Å². The molecule has 0 spiro atoms. The van der Waals surface area contributed by atoms with Gasteiger partial charge in [0.05, 0.1) is 24.8 Å². The zero-order valence-electron chi connectivity index (χ0n) is 17.2. The average molecular weight is 408 g/mol. The summed E-state index contributed by atoms with van der Waals surface area (Å²) in [5.74, 6) is 1.53. The number of aliphatic hydroxyl groups is 2. The average Bonchev–Trinajstić information content (AvgIpc) is 2.79. The number of aliphatic hydroxyl groups excluding tert-OH is 1. The Morgan fingerprint density at radius 2 is 1.77 bits per heavy atom. The molecule has 0 radical (unpaired) electrons. The minimum atomic E-state index is -0.910. The summed E-state index contributed by atoms with van der Waals surface area (Å²) in [6, 6.07) is 17.3. The third kappa shape index (κ3) is 4.56. The van der Waals surface area contributed by atoms with Gasteiger partial charge in [-0.15, -0.1) is 0 Å². The number of ether oxygens (including phenoxy) is 2. The molecule has 1 aromatic heterocycles. The van der Waals surface area contributed by atoms with Crippen molar-refractivity contribution < 1.29 is 19.7 Å². The van der Waals surface area contributed by atoms with E-state index in [0.717, 1.165) is 28.0 Å². The second-order valence-electron chi connectivity index (χ2n) is 7.78. The van der Waals surface area contributed by atoms with Crippen molar-refractivity contribution in [3.8, 4) is 11.5 Å². The van der Waals surface area contributed by atoms with Crippen molar-refractivity contribution in [1.29, 1.82) is 0 Å². The van der Waals surface area contributed by atoms with Crippen molar-refractivity contribution >= 4 is 10.9 Å². The molecule has 2 aromatic carbocycles. The lowest BCUT2D eigenvalue weighted by Gasteiger charge is -2.40. The first-order valence-electron chi connectivity index (χ1n) is 10.3. The molecule has 158 valence electrons. The highest BCUT2D eigenvalue weighted by Gasteiger charge is 2.36. The van der Waals surface area contributed by atoms with Crippen molar-refractivity contribution in [2.75, 3.05) is 26.8 Å². The number of para-hydroxylation sites is 1. The fourth-order valence-corrected chi connectivity index (χ4v) is 3.94. The number of piperidine rings is 1. The van der Waals surface area contributed by atoms with E-state index in [9.17, 15) is 10.2 Å². The Kier molecular flexibility index (Phi) is 6.18. The highest BCUT2D eigenvalue weighted by molar-refractivity contribution is 5.78. The number of aromatic nitrogens is 1. The van der Waals surface area contributed by atoms with Crippen LogP contribution in [0.4, 0.5) is 0 Å². The minimum Gasteiger partial charge on any atom is -0.497 e. The predicted molar refractivity (Wildman–Crippen MR) is 116 cm³/mol. The molecule has 0 unspecified atom stereocenters. The normalized spacial score (nSPS) is 17.6. The van der Waals surface area contributed by atoms with Gasteiger partial charge < -0.3 is 19.7 Å². The summed E-state index contributed by atoms with van der Waals surface area (Å²) in [7, 11) is 1.63. The Labute approximate surface area is 176 Å². The molecule has 1 fully saturated rings. The zero-order valence-corrected chi connectivity index (χ0v) is 17.2. The maximum Gasteiger partial charge on any atom is 0.119 e. The number of rotatable bonds is 7. The van der Waals surface area contributed by atoms with Gasteiger partial charge in [-0.1, -0.05) is 18.2 Å². The zero-order chi connectivity index (χ0) is 21.0. The molecule has 30 heavy (non-hydrogen) atoms. The van der Waals surface area contributed by atoms with E-state index in [4.69, 9.17) is 9.47 Å². The van der Waals surface area contributed by atoms with E-state index in [1.54, 1.807) is 13.3 Å². The second-order valence-corrected chi connectivity index (χ2v) is 7.78. The Balaban J connectivity index is 1.29. The van der Waals surface area contributed by atoms with Gasteiger partial charge in [0, 0.05) is 36.7 Å². The Bertz CT molecular complexity index is 968. The fraction of sp³-hybridized carbons (Fsp3) is 0.375. The Hall–Kier alpha value is -2.67. The van der Waals surface area contributed by atoms with Gasteiger partial charge in [0.2, 0.25) is 0 Å². The molecule has 2 N–H and O–H groups in total. The first-order chi connectivity index (χ1) is 14.6. The molecule has 0 aliphatic carbocycles. The highest BCUT2D eigenvalue weighted by atomic mass is 16.5. The van der Waals surface area contributed by atoms with Gasteiger partial charge in [-0.05, 0) is 49.2 Å². The molecule has 0 saturated carbocycles. The number of hydrogen-bond donors (Lipinski definition) is 2. The lowest BCUT2D eigenvalue weighted by Crippen LogP contribution is -2.47. The first kappa shape index (κ1) is 20.6. The summed E-state index contributed by atoms with van der Waals surface area (Å²) < 4.78 is 10.9. The molecule has 4 rings (SSSR count). The van der Waals surface area contributed by atoms with Crippen LogP contribution < -0.4 is 9.47 Å². The lowest BCUT2D eigenvalue weighted by atomic mass is 9.84. The molecule has 6 heteroatoms. The quantitative estimate of drug-likeness (QED) is 0.625. The molecule has 3 aromatic rings. The van der Waals surface area contributed by atoms with E-state index < -0.39 is 11.8 Å². The lowest BCUT2D eigenvalue weighted by molar-refractivity contribution is -0.0819. The van der Waals surface area contributed by atoms with E-state index in [1.807, 2.05) is 59.5 Å². The van der Waals surface area contributed by atoms with Gasteiger partial charge in [0.25, 0.3) is 0 Å². The predicted octanol–water partition coefficient (Wildman–Crippen LogP) is 3.31. The fourth-order valence-electron chi connectivity index (χ4n) is 3.94. The smallest absolute Gasteiger partial charge is 0.119 e. The van der Waals surface area contributed by atoms with Crippen LogP contribution in [0.3, 0.4) is 0 Å². The molecule has 2 heterocycles. The van der Waals surface area contributed by atoms with Crippen LogP contribution in [-0.4, -0.2) is 53.1 Å². The summed E-state index contributed by atoms with van der Waals surface area (Å²) in [6.07, 6.45) is 2.80. The van der Waals surface area contributed by atoms with Crippen LogP contribution in [0.1, 0.15) is 24.8 Å². The Morgan fingerprint density at radius 1 is 1.07 bits per heavy atom. The van der Waals surface area contributed by atoms with Gasteiger partial charge in [-0.3, -0.25) is 9.88 Å². The Morgan fingerprint density at radius 3 is 2.50 bits per heavy atom. The SMILES string of the molecule is COc1ccc(OCC[C@H](O)N2CCC(O)(c3cnc4ccccc4c3)CC2)cc1. The van der Waals surface area contributed by atoms with Gasteiger partial charge >= 0.3 is 0 Å². The number of fused-ring (bicyclic) bond motifs is 1. The van der Waals surface area contributed by atoms with Crippen LogP contribution in [0.15, 0.2) is 60.8 Å². The molecule has 1 aliphatic rings. The molecular weight excluding hydrogens is 380 g/mol. The van der Waals surface area contributed by atoms with Crippen molar-refractivity contribution in [2.45, 2.75) is 31.1 Å². The van der Waals surface area contributed by atoms with E-state index in [2.05, 4.69) is 4.98 Å². The molecule has 6 nitrogen and oxygen atoms in total. The third-order valence-corrected chi connectivity index (χ3v) is 5.88. The molecule has 0 bridgehead atoms. The molecule has 1 atom stereocenters. The van der Waals surface area contributed by atoms with Crippen LogP contribution in [0.2, 0.25) is 0 Å². The topological polar surface area (TPSA) is 75.0 Å². The largest absolute Gasteiger partial charge is 0.497 e. The number of benzene rings is 2. The first-order valence-corrected chi connectivity index (χ1v) is 10.3. The second kappa shape index (κ2) is 9.00.